The maximum absolute atomic E-state index is 6.04. The number of hydrogen-bond donors (Lipinski definition) is 1. The van der Waals surface area contributed by atoms with Crippen molar-refractivity contribution in [2.75, 3.05) is 19.6 Å². The lowest BCUT2D eigenvalue weighted by molar-refractivity contribution is 0.147. The van der Waals surface area contributed by atoms with Gasteiger partial charge in [0.1, 0.15) is 0 Å². The molecule has 0 spiro atoms. The van der Waals surface area contributed by atoms with Crippen LogP contribution in [-0.4, -0.2) is 30.6 Å². The van der Waals surface area contributed by atoms with E-state index in [1.54, 1.807) is 0 Å². The molecule has 1 aromatic rings. The molecule has 2 aliphatic rings. The molecule has 0 bridgehead atoms. The number of halogens is 1. The van der Waals surface area contributed by atoms with Crippen LogP contribution in [0.3, 0.4) is 0 Å². The van der Waals surface area contributed by atoms with Crippen LogP contribution in [0.2, 0.25) is 5.02 Å². The summed E-state index contributed by atoms with van der Waals surface area (Å²) in [4.78, 5) is 2.65. The Morgan fingerprint density at radius 1 is 1.18 bits per heavy atom. The number of rotatable bonds is 1. The maximum Gasteiger partial charge on any atom is 0.0408 e. The molecule has 3 heteroatoms. The standard InChI is InChI=1S/C14H19ClN2/c15-13-2-1-12-10-17(8-5-11(12)9-13)14-3-6-16-7-4-14/h1-2,9,14,16H,3-8,10H2. The van der Waals surface area contributed by atoms with E-state index in [0.717, 1.165) is 24.0 Å². The third-order valence-electron chi connectivity index (χ3n) is 4.04. The van der Waals surface area contributed by atoms with Crippen LogP contribution in [0, 0.1) is 0 Å². The predicted octanol–water partition coefficient (Wildman–Crippen LogP) is 2.45. The molecule has 3 rings (SSSR count). The van der Waals surface area contributed by atoms with Crippen LogP contribution in [0.15, 0.2) is 18.2 Å². The summed E-state index contributed by atoms with van der Waals surface area (Å²) in [6, 6.07) is 7.13. The van der Waals surface area contributed by atoms with Crippen LogP contribution in [0.1, 0.15) is 24.0 Å². The van der Waals surface area contributed by atoms with Crippen LogP contribution in [0.5, 0.6) is 0 Å². The highest BCUT2D eigenvalue weighted by molar-refractivity contribution is 6.30. The molecule has 0 atom stereocenters. The molecule has 1 saturated heterocycles. The molecule has 2 nitrogen and oxygen atoms in total. The van der Waals surface area contributed by atoms with E-state index in [-0.39, 0.29) is 0 Å². The number of piperidine rings is 1. The summed E-state index contributed by atoms with van der Waals surface area (Å²) in [5.74, 6) is 0. The molecule has 0 amide bonds. The summed E-state index contributed by atoms with van der Waals surface area (Å²) in [6.45, 7) is 4.65. The third kappa shape index (κ3) is 2.49. The van der Waals surface area contributed by atoms with Crippen molar-refractivity contribution in [2.24, 2.45) is 0 Å². The van der Waals surface area contributed by atoms with Gasteiger partial charge in [0.15, 0.2) is 0 Å². The Morgan fingerprint density at radius 3 is 2.82 bits per heavy atom. The topological polar surface area (TPSA) is 15.3 Å². The van der Waals surface area contributed by atoms with Crippen LogP contribution in [0.4, 0.5) is 0 Å². The highest BCUT2D eigenvalue weighted by atomic mass is 35.5. The fraction of sp³-hybridized carbons (Fsp3) is 0.571. The van der Waals surface area contributed by atoms with Crippen LogP contribution in [0.25, 0.3) is 0 Å². The fourth-order valence-electron chi connectivity index (χ4n) is 3.03. The van der Waals surface area contributed by atoms with Crippen molar-refractivity contribution in [3.05, 3.63) is 34.3 Å². The van der Waals surface area contributed by atoms with Gasteiger partial charge >= 0.3 is 0 Å². The highest BCUT2D eigenvalue weighted by Crippen LogP contribution is 2.25. The molecule has 0 aromatic heterocycles. The van der Waals surface area contributed by atoms with Gasteiger partial charge < -0.3 is 5.32 Å². The molecule has 0 radical (unpaired) electrons. The third-order valence-corrected chi connectivity index (χ3v) is 4.27. The van der Waals surface area contributed by atoms with Gasteiger partial charge in [0.25, 0.3) is 0 Å². The highest BCUT2D eigenvalue weighted by Gasteiger charge is 2.24. The number of fused-ring (bicyclic) bond motifs is 1. The zero-order chi connectivity index (χ0) is 11.7. The van der Waals surface area contributed by atoms with Gasteiger partial charge in [0.2, 0.25) is 0 Å². The lowest BCUT2D eigenvalue weighted by Gasteiger charge is -2.37. The molecule has 92 valence electrons. The van der Waals surface area contributed by atoms with Crippen molar-refractivity contribution in [1.29, 1.82) is 0 Å². The Morgan fingerprint density at radius 2 is 2.00 bits per heavy atom. The average molecular weight is 251 g/mol. The van der Waals surface area contributed by atoms with E-state index in [0.29, 0.717) is 0 Å². The smallest absolute Gasteiger partial charge is 0.0408 e. The fourth-order valence-corrected chi connectivity index (χ4v) is 3.22. The largest absolute Gasteiger partial charge is 0.317 e. The first kappa shape index (κ1) is 11.5. The molecule has 2 aliphatic heterocycles. The van der Waals surface area contributed by atoms with Gasteiger partial charge in [-0.1, -0.05) is 17.7 Å². The summed E-state index contributed by atoms with van der Waals surface area (Å²) in [6.07, 6.45) is 3.74. The van der Waals surface area contributed by atoms with Gasteiger partial charge in [-0.3, -0.25) is 4.90 Å². The molecule has 0 saturated carbocycles. The first-order valence-corrected chi connectivity index (χ1v) is 6.93. The molecule has 1 N–H and O–H groups in total. The summed E-state index contributed by atoms with van der Waals surface area (Å²) < 4.78 is 0. The van der Waals surface area contributed by atoms with Gasteiger partial charge in [0.05, 0.1) is 0 Å². The predicted molar refractivity (Wildman–Crippen MR) is 71.5 cm³/mol. The van der Waals surface area contributed by atoms with Crippen molar-refractivity contribution in [3.8, 4) is 0 Å². The lowest BCUT2D eigenvalue weighted by atomic mass is 9.96. The summed E-state index contributed by atoms with van der Waals surface area (Å²) >= 11 is 6.04. The van der Waals surface area contributed by atoms with E-state index in [1.807, 2.05) is 6.07 Å². The molecule has 0 unspecified atom stereocenters. The zero-order valence-electron chi connectivity index (χ0n) is 10.1. The second kappa shape index (κ2) is 4.97. The van der Waals surface area contributed by atoms with E-state index < -0.39 is 0 Å². The van der Waals surface area contributed by atoms with Gasteiger partial charge in [-0.05, 0) is 55.6 Å². The van der Waals surface area contributed by atoms with E-state index >= 15 is 0 Å². The van der Waals surface area contributed by atoms with Gasteiger partial charge in [-0.2, -0.15) is 0 Å². The van der Waals surface area contributed by atoms with Crippen LogP contribution in [-0.2, 0) is 13.0 Å². The second-order valence-electron chi connectivity index (χ2n) is 5.11. The van der Waals surface area contributed by atoms with E-state index in [4.69, 9.17) is 11.6 Å². The van der Waals surface area contributed by atoms with Crippen molar-refractivity contribution in [1.82, 2.24) is 10.2 Å². The zero-order valence-corrected chi connectivity index (χ0v) is 10.8. The Kier molecular flexibility index (Phi) is 3.37. The van der Waals surface area contributed by atoms with Crippen LogP contribution < -0.4 is 5.32 Å². The number of hydrogen-bond acceptors (Lipinski definition) is 2. The number of benzene rings is 1. The first-order valence-electron chi connectivity index (χ1n) is 6.55. The van der Waals surface area contributed by atoms with Crippen LogP contribution >= 0.6 is 11.6 Å². The van der Waals surface area contributed by atoms with Crippen molar-refractivity contribution >= 4 is 11.6 Å². The normalized spacial score (nSPS) is 22.4. The number of nitrogens with one attached hydrogen (secondary N) is 1. The van der Waals surface area contributed by atoms with Gasteiger partial charge in [-0.25, -0.2) is 0 Å². The van der Waals surface area contributed by atoms with E-state index in [9.17, 15) is 0 Å². The summed E-state index contributed by atoms with van der Waals surface area (Å²) in [7, 11) is 0. The van der Waals surface area contributed by atoms with Crippen molar-refractivity contribution in [3.63, 3.8) is 0 Å². The minimum absolute atomic E-state index is 0.778. The van der Waals surface area contributed by atoms with Gasteiger partial charge in [0, 0.05) is 24.2 Å². The second-order valence-corrected chi connectivity index (χ2v) is 5.55. The molecule has 1 aromatic carbocycles. The first-order chi connectivity index (χ1) is 8.33. The minimum Gasteiger partial charge on any atom is -0.317 e. The Bertz CT molecular complexity index is 399. The Balaban J connectivity index is 1.73. The van der Waals surface area contributed by atoms with E-state index in [2.05, 4.69) is 22.3 Å². The quantitative estimate of drug-likeness (QED) is 0.824. The summed E-state index contributed by atoms with van der Waals surface area (Å²) in [5.41, 5.74) is 2.92. The molecular weight excluding hydrogens is 232 g/mol. The molecule has 0 aliphatic carbocycles. The molecule has 2 heterocycles. The van der Waals surface area contributed by atoms with E-state index in [1.165, 1.54) is 43.6 Å². The lowest BCUT2D eigenvalue weighted by Crippen LogP contribution is -2.45. The van der Waals surface area contributed by atoms with Crippen molar-refractivity contribution < 1.29 is 0 Å². The molecular formula is C14H19ClN2. The SMILES string of the molecule is Clc1ccc2c(c1)CCN(C1CCNCC1)C2. The van der Waals surface area contributed by atoms with Crippen molar-refractivity contribution in [2.45, 2.75) is 31.8 Å². The maximum atomic E-state index is 6.04. The minimum atomic E-state index is 0.778. The monoisotopic (exact) mass is 250 g/mol. The number of nitrogens with zero attached hydrogens (tertiary/aromatic N) is 1. The molecule has 17 heavy (non-hydrogen) atoms. The molecule has 1 fully saturated rings. The summed E-state index contributed by atoms with van der Waals surface area (Å²) in [5, 5.41) is 4.31. The van der Waals surface area contributed by atoms with Gasteiger partial charge in [-0.15, -0.1) is 0 Å². The Labute approximate surface area is 108 Å². The Hall–Kier alpha value is -0.570. The average Bonchev–Trinajstić information content (AvgIpc) is 2.39.